The molecule has 0 N–H and O–H groups in total. The number of hydrogen-bond acceptors (Lipinski definition) is 3. The molecule has 0 aliphatic rings. The molecule has 0 rings (SSSR count). The summed E-state index contributed by atoms with van der Waals surface area (Å²) in [5.41, 5.74) is 0. The van der Waals surface area contributed by atoms with Gasteiger partial charge in [0.1, 0.15) is 0 Å². The molecule has 0 spiro atoms. The number of allylic oxidation sites excluding steroid dienone is 1. The Balaban J connectivity index is 4.28. The molecule has 0 bridgehead atoms. The third-order valence-electron chi connectivity index (χ3n) is 6.35. The second kappa shape index (κ2) is 20.4. The lowest BCUT2D eigenvalue weighted by atomic mass is 9.87. The van der Waals surface area contributed by atoms with Crippen molar-refractivity contribution in [2.24, 2.45) is 11.8 Å². The molecule has 0 radical (unpaired) electrons. The van der Waals surface area contributed by atoms with Crippen LogP contribution in [0.25, 0.3) is 0 Å². The van der Waals surface area contributed by atoms with Crippen molar-refractivity contribution >= 4 is 0 Å². The smallest absolute Gasteiger partial charge is 0.168 e. The number of ether oxygens (including phenoxy) is 3. The molecule has 0 aromatic carbocycles. The fourth-order valence-corrected chi connectivity index (χ4v) is 4.23. The molecule has 0 aromatic heterocycles. The van der Waals surface area contributed by atoms with Gasteiger partial charge in [0.2, 0.25) is 0 Å². The Hall–Kier alpha value is -0.540. The molecule has 0 heterocycles. The van der Waals surface area contributed by atoms with Gasteiger partial charge in [-0.2, -0.15) is 0 Å². The quantitative estimate of drug-likeness (QED) is 0.0984. The van der Waals surface area contributed by atoms with Crippen LogP contribution in [-0.4, -0.2) is 25.6 Å². The van der Waals surface area contributed by atoms with Crippen molar-refractivity contribution in [3.05, 3.63) is 12.3 Å². The first kappa shape index (κ1) is 29.5. The van der Waals surface area contributed by atoms with E-state index in [9.17, 15) is 0 Å². The average Bonchev–Trinajstić information content (AvgIpc) is 2.73. The fourth-order valence-electron chi connectivity index (χ4n) is 4.23. The van der Waals surface area contributed by atoms with Crippen LogP contribution < -0.4 is 0 Å². The van der Waals surface area contributed by atoms with Gasteiger partial charge in [0.15, 0.2) is 5.79 Å². The van der Waals surface area contributed by atoms with Gasteiger partial charge >= 0.3 is 0 Å². The zero-order valence-electron chi connectivity index (χ0n) is 21.3. The molecule has 3 nitrogen and oxygen atoms in total. The monoisotopic (exact) mass is 426 g/mol. The summed E-state index contributed by atoms with van der Waals surface area (Å²) < 4.78 is 17.7. The van der Waals surface area contributed by atoms with E-state index in [2.05, 4.69) is 34.6 Å². The van der Waals surface area contributed by atoms with E-state index in [1.165, 1.54) is 77.0 Å². The largest absolute Gasteiger partial charge is 0.502 e. The van der Waals surface area contributed by atoms with Crippen molar-refractivity contribution in [3.63, 3.8) is 0 Å². The maximum atomic E-state index is 6.15. The lowest BCUT2D eigenvalue weighted by molar-refractivity contribution is -0.254. The molecule has 0 aliphatic carbocycles. The van der Waals surface area contributed by atoms with Gasteiger partial charge in [0, 0.05) is 19.1 Å². The predicted molar refractivity (Wildman–Crippen MR) is 131 cm³/mol. The summed E-state index contributed by atoms with van der Waals surface area (Å²) >= 11 is 0. The van der Waals surface area contributed by atoms with Crippen LogP contribution in [0.2, 0.25) is 0 Å². The maximum Gasteiger partial charge on any atom is 0.168 e. The van der Waals surface area contributed by atoms with Crippen LogP contribution in [0.4, 0.5) is 0 Å². The lowest BCUT2D eigenvalue weighted by Gasteiger charge is -2.37. The van der Waals surface area contributed by atoms with Crippen LogP contribution in [0.3, 0.4) is 0 Å². The minimum absolute atomic E-state index is 0.426. The van der Waals surface area contributed by atoms with Crippen LogP contribution in [-0.2, 0) is 14.2 Å². The second-order valence-electron chi connectivity index (χ2n) is 8.98. The van der Waals surface area contributed by atoms with Crippen LogP contribution in [0, 0.1) is 11.8 Å². The second-order valence-corrected chi connectivity index (χ2v) is 8.98. The van der Waals surface area contributed by atoms with E-state index in [1.807, 2.05) is 13.0 Å². The van der Waals surface area contributed by atoms with Gasteiger partial charge in [-0.3, -0.25) is 0 Å². The Morgan fingerprint density at radius 1 is 0.733 bits per heavy atom. The molecule has 2 atom stereocenters. The predicted octanol–water partition coefficient (Wildman–Crippen LogP) is 8.67. The molecule has 0 amide bonds. The van der Waals surface area contributed by atoms with E-state index in [0.29, 0.717) is 5.92 Å². The molecule has 0 aliphatic heterocycles. The Morgan fingerprint density at radius 2 is 1.23 bits per heavy atom. The Labute approximate surface area is 189 Å². The highest BCUT2D eigenvalue weighted by Crippen LogP contribution is 2.33. The lowest BCUT2D eigenvalue weighted by Crippen LogP contribution is -2.41. The Morgan fingerprint density at radius 3 is 1.77 bits per heavy atom. The van der Waals surface area contributed by atoms with E-state index >= 15 is 0 Å². The summed E-state index contributed by atoms with van der Waals surface area (Å²) in [4.78, 5) is 0. The van der Waals surface area contributed by atoms with E-state index in [0.717, 1.165) is 32.2 Å². The molecular weight excluding hydrogens is 372 g/mol. The average molecular weight is 427 g/mol. The fraction of sp³-hybridized carbons (Fsp3) is 0.926. The van der Waals surface area contributed by atoms with Crippen molar-refractivity contribution in [2.45, 2.75) is 131 Å². The molecule has 0 saturated carbocycles. The molecule has 0 aromatic rings. The minimum atomic E-state index is -0.426. The topological polar surface area (TPSA) is 27.7 Å². The van der Waals surface area contributed by atoms with Crippen LogP contribution in [0.15, 0.2) is 12.3 Å². The van der Waals surface area contributed by atoms with Gasteiger partial charge in [-0.25, -0.2) is 0 Å². The molecule has 0 saturated heterocycles. The number of hydrogen-bond donors (Lipinski definition) is 0. The minimum Gasteiger partial charge on any atom is -0.502 e. The molecule has 3 heteroatoms. The summed E-state index contributed by atoms with van der Waals surface area (Å²) in [6.45, 7) is 15.3. The molecule has 180 valence electrons. The first-order valence-corrected chi connectivity index (χ1v) is 13.0. The normalized spacial score (nSPS) is 14.3. The Kier molecular flexibility index (Phi) is 20.0. The van der Waals surface area contributed by atoms with E-state index in [4.69, 9.17) is 14.2 Å². The molecule has 0 fully saturated rings. The summed E-state index contributed by atoms with van der Waals surface area (Å²) in [6, 6.07) is 0. The van der Waals surface area contributed by atoms with E-state index in [1.54, 1.807) is 6.26 Å². The van der Waals surface area contributed by atoms with Gasteiger partial charge < -0.3 is 14.2 Å². The third-order valence-corrected chi connectivity index (χ3v) is 6.35. The van der Waals surface area contributed by atoms with Gasteiger partial charge in [-0.15, -0.1) is 0 Å². The number of unbranched alkanes of at least 4 members (excludes halogenated alkanes) is 7. The van der Waals surface area contributed by atoms with Crippen LogP contribution in [0.5, 0.6) is 0 Å². The van der Waals surface area contributed by atoms with Gasteiger partial charge in [-0.1, -0.05) is 84.1 Å². The van der Waals surface area contributed by atoms with Gasteiger partial charge in [-0.05, 0) is 52.9 Å². The van der Waals surface area contributed by atoms with Gasteiger partial charge in [0.25, 0.3) is 0 Å². The summed E-state index contributed by atoms with van der Waals surface area (Å²) in [5, 5.41) is 0. The standard InChI is InChI=1S/C27H54O3/c1-7-23-28-24-19-14-12-11-13-17-21-26(27(6,29-9-3)30-10-4)22-18-15-16-20-25(5)8-2/h7,23,25-26H,8-22,24H2,1-6H3. The van der Waals surface area contributed by atoms with Crippen LogP contribution in [0.1, 0.15) is 125 Å². The highest BCUT2D eigenvalue weighted by molar-refractivity contribution is 4.76. The highest BCUT2D eigenvalue weighted by atomic mass is 16.7. The van der Waals surface area contributed by atoms with Crippen molar-refractivity contribution < 1.29 is 14.2 Å². The zero-order chi connectivity index (χ0) is 22.5. The van der Waals surface area contributed by atoms with Crippen molar-refractivity contribution in [2.75, 3.05) is 19.8 Å². The SMILES string of the molecule is CC=COCCCCCCCCC(CCCCCC(C)CC)C(C)(OCC)OCC. The zero-order valence-corrected chi connectivity index (χ0v) is 21.3. The molecule has 2 unspecified atom stereocenters. The van der Waals surface area contributed by atoms with Crippen LogP contribution >= 0.6 is 0 Å². The van der Waals surface area contributed by atoms with Gasteiger partial charge in [0.05, 0.1) is 12.9 Å². The van der Waals surface area contributed by atoms with Crippen molar-refractivity contribution in [3.8, 4) is 0 Å². The number of rotatable bonds is 22. The van der Waals surface area contributed by atoms with Crippen molar-refractivity contribution in [1.29, 1.82) is 0 Å². The summed E-state index contributed by atoms with van der Waals surface area (Å²) in [6.07, 6.45) is 20.5. The summed E-state index contributed by atoms with van der Waals surface area (Å²) in [5.74, 6) is 0.937. The maximum absolute atomic E-state index is 6.15. The highest BCUT2D eigenvalue weighted by Gasteiger charge is 2.34. The summed E-state index contributed by atoms with van der Waals surface area (Å²) in [7, 11) is 0. The first-order chi connectivity index (χ1) is 14.5. The van der Waals surface area contributed by atoms with Crippen molar-refractivity contribution in [1.82, 2.24) is 0 Å². The Bertz CT molecular complexity index is 374. The first-order valence-electron chi connectivity index (χ1n) is 13.0. The molecular formula is C27H54O3. The van der Waals surface area contributed by atoms with E-state index < -0.39 is 5.79 Å². The van der Waals surface area contributed by atoms with E-state index in [-0.39, 0.29) is 0 Å². The molecule has 30 heavy (non-hydrogen) atoms. The third kappa shape index (κ3) is 15.3.